The van der Waals surface area contributed by atoms with E-state index >= 15 is 0 Å². The van der Waals surface area contributed by atoms with Gasteiger partial charge in [0.05, 0.1) is 17.2 Å². The van der Waals surface area contributed by atoms with Crippen molar-refractivity contribution < 1.29 is 9.84 Å². The van der Waals surface area contributed by atoms with E-state index in [1.165, 1.54) is 5.56 Å². The number of rotatable bonds is 2. The van der Waals surface area contributed by atoms with Crippen molar-refractivity contribution >= 4 is 10.9 Å². The Balaban J connectivity index is 1.92. The molecule has 0 bridgehead atoms. The number of hydrogen-bond donors (Lipinski definition) is 1. The van der Waals surface area contributed by atoms with Crippen LogP contribution < -0.4 is 0 Å². The van der Waals surface area contributed by atoms with Gasteiger partial charge in [-0.15, -0.1) is 0 Å². The SMILES string of the molecule is CC1CC(O)(Cc2ccnc3ccccc23)CCO1. The van der Waals surface area contributed by atoms with Gasteiger partial charge in [-0.3, -0.25) is 4.98 Å². The Morgan fingerprint density at radius 3 is 3.05 bits per heavy atom. The molecule has 2 heterocycles. The van der Waals surface area contributed by atoms with Crippen LogP contribution in [0.4, 0.5) is 0 Å². The van der Waals surface area contributed by atoms with Gasteiger partial charge in [0.15, 0.2) is 0 Å². The highest BCUT2D eigenvalue weighted by molar-refractivity contribution is 5.81. The Bertz CT molecular complexity index is 578. The lowest BCUT2D eigenvalue weighted by Gasteiger charge is -2.36. The fraction of sp³-hybridized carbons (Fsp3) is 0.438. The molecule has 0 amide bonds. The first-order valence-corrected chi connectivity index (χ1v) is 6.83. The molecule has 2 aromatic rings. The van der Waals surface area contributed by atoms with Gasteiger partial charge in [0.25, 0.3) is 0 Å². The van der Waals surface area contributed by atoms with Crippen LogP contribution in [0.3, 0.4) is 0 Å². The molecule has 0 aliphatic carbocycles. The maximum Gasteiger partial charge on any atom is 0.0734 e. The van der Waals surface area contributed by atoms with Crippen molar-refractivity contribution in [3.8, 4) is 0 Å². The van der Waals surface area contributed by atoms with Crippen LogP contribution in [0.2, 0.25) is 0 Å². The Hall–Kier alpha value is -1.45. The molecule has 100 valence electrons. The topological polar surface area (TPSA) is 42.4 Å². The van der Waals surface area contributed by atoms with Gasteiger partial charge in [-0.05, 0) is 31.0 Å². The first kappa shape index (κ1) is 12.6. The predicted octanol–water partition coefficient (Wildman–Crippen LogP) is 2.71. The third-order valence-electron chi connectivity index (χ3n) is 3.90. The molecule has 1 aliphatic heterocycles. The van der Waals surface area contributed by atoms with Crippen molar-refractivity contribution in [2.75, 3.05) is 6.61 Å². The number of para-hydroxylation sites is 1. The van der Waals surface area contributed by atoms with Gasteiger partial charge >= 0.3 is 0 Å². The van der Waals surface area contributed by atoms with Crippen LogP contribution in [0.5, 0.6) is 0 Å². The zero-order valence-electron chi connectivity index (χ0n) is 11.2. The second kappa shape index (κ2) is 4.91. The van der Waals surface area contributed by atoms with Crippen molar-refractivity contribution in [3.63, 3.8) is 0 Å². The molecule has 2 unspecified atom stereocenters. The Labute approximate surface area is 113 Å². The first-order chi connectivity index (χ1) is 9.16. The zero-order chi connectivity index (χ0) is 13.3. The molecule has 2 atom stereocenters. The molecule has 0 spiro atoms. The Morgan fingerprint density at radius 1 is 1.37 bits per heavy atom. The molecule has 1 aromatic heterocycles. The summed E-state index contributed by atoms with van der Waals surface area (Å²) in [5.41, 5.74) is 1.51. The van der Waals surface area contributed by atoms with E-state index in [0.717, 1.165) is 10.9 Å². The Kier molecular flexibility index (Phi) is 3.25. The minimum atomic E-state index is -0.651. The average Bonchev–Trinajstić information content (AvgIpc) is 2.38. The van der Waals surface area contributed by atoms with Crippen LogP contribution in [0.1, 0.15) is 25.3 Å². The molecule has 1 aromatic carbocycles. The van der Waals surface area contributed by atoms with Crippen LogP contribution in [0.25, 0.3) is 10.9 Å². The average molecular weight is 257 g/mol. The molecule has 1 saturated heterocycles. The molecule has 0 radical (unpaired) electrons. The summed E-state index contributed by atoms with van der Waals surface area (Å²) in [6, 6.07) is 10.1. The van der Waals surface area contributed by atoms with Gasteiger partial charge in [0, 0.05) is 31.0 Å². The lowest BCUT2D eigenvalue weighted by atomic mass is 9.84. The van der Waals surface area contributed by atoms with Crippen molar-refractivity contribution in [3.05, 3.63) is 42.1 Å². The van der Waals surface area contributed by atoms with Crippen molar-refractivity contribution in [2.45, 2.75) is 37.9 Å². The van der Waals surface area contributed by atoms with Gasteiger partial charge in [-0.1, -0.05) is 18.2 Å². The summed E-state index contributed by atoms with van der Waals surface area (Å²) in [5.74, 6) is 0. The lowest BCUT2D eigenvalue weighted by Crippen LogP contribution is -2.41. The molecule has 1 aliphatic rings. The number of benzene rings is 1. The summed E-state index contributed by atoms with van der Waals surface area (Å²) >= 11 is 0. The minimum Gasteiger partial charge on any atom is -0.389 e. The maximum absolute atomic E-state index is 10.8. The van der Waals surface area contributed by atoms with Crippen LogP contribution in [0, 0.1) is 0 Å². The molecule has 0 saturated carbocycles. The van der Waals surface area contributed by atoms with Crippen molar-refractivity contribution in [1.29, 1.82) is 0 Å². The monoisotopic (exact) mass is 257 g/mol. The summed E-state index contributed by atoms with van der Waals surface area (Å²) in [5, 5.41) is 11.9. The fourth-order valence-electron chi connectivity index (χ4n) is 2.97. The van der Waals surface area contributed by atoms with Crippen LogP contribution >= 0.6 is 0 Å². The summed E-state index contributed by atoms with van der Waals surface area (Å²) in [6.45, 7) is 2.66. The highest BCUT2D eigenvalue weighted by Gasteiger charge is 2.33. The standard InChI is InChI=1S/C16H19NO2/c1-12-10-16(18,7-9-19-12)11-13-6-8-17-15-5-3-2-4-14(13)15/h2-6,8,12,18H,7,9-11H2,1H3. The third kappa shape index (κ3) is 2.62. The molecule has 19 heavy (non-hydrogen) atoms. The van der Waals surface area contributed by atoms with E-state index in [1.807, 2.05) is 37.4 Å². The number of pyridine rings is 1. The van der Waals surface area contributed by atoms with Crippen LogP contribution in [0.15, 0.2) is 36.5 Å². The first-order valence-electron chi connectivity index (χ1n) is 6.83. The van der Waals surface area contributed by atoms with Gasteiger partial charge in [-0.25, -0.2) is 0 Å². The second-order valence-corrected chi connectivity index (χ2v) is 5.52. The van der Waals surface area contributed by atoms with Gasteiger partial charge in [0.1, 0.15) is 0 Å². The minimum absolute atomic E-state index is 0.131. The number of nitrogens with zero attached hydrogens (tertiary/aromatic N) is 1. The molecular weight excluding hydrogens is 238 g/mol. The van der Waals surface area contributed by atoms with Crippen molar-refractivity contribution in [1.82, 2.24) is 4.98 Å². The van der Waals surface area contributed by atoms with E-state index in [-0.39, 0.29) is 6.10 Å². The summed E-state index contributed by atoms with van der Waals surface area (Å²) in [7, 11) is 0. The Morgan fingerprint density at radius 2 is 2.21 bits per heavy atom. The molecule has 3 heteroatoms. The van der Waals surface area contributed by atoms with Crippen LogP contribution in [-0.4, -0.2) is 28.4 Å². The molecule has 3 nitrogen and oxygen atoms in total. The van der Waals surface area contributed by atoms with E-state index in [0.29, 0.717) is 25.9 Å². The van der Waals surface area contributed by atoms with Gasteiger partial charge in [-0.2, -0.15) is 0 Å². The van der Waals surface area contributed by atoms with Crippen LogP contribution in [-0.2, 0) is 11.2 Å². The number of ether oxygens (including phenoxy) is 1. The van der Waals surface area contributed by atoms with Gasteiger partial charge < -0.3 is 9.84 Å². The number of aliphatic hydroxyl groups is 1. The van der Waals surface area contributed by atoms with Gasteiger partial charge in [0.2, 0.25) is 0 Å². The normalized spacial score (nSPS) is 27.6. The molecule has 3 rings (SSSR count). The quantitative estimate of drug-likeness (QED) is 0.899. The summed E-state index contributed by atoms with van der Waals surface area (Å²) in [6.07, 6.45) is 4.03. The molecule has 1 N–H and O–H groups in total. The highest BCUT2D eigenvalue weighted by atomic mass is 16.5. The largest absolute Gasteiger partial charge is 0.389 e. The third-order valence-corrected chi connectivity index (χ3v) is 3.90. The highest BCUT2D eigenvalue weighted by Crippen LogP contribution is 2.30. The van der Waals surface area contributed by atoms with E-state index in [4.69, 9.17) is 4.74 Å². The zero-order valence-corrected chi connectivity index (χ0v) is 11.2. The van der Waals surface area contributed by atoms with Crippen molar-refractivity contribution in [2.24, 2.45) is 0 Å². The molecule has 1 fully saturated rings. The predicted molar refractivity (Wildman–Crippen MR) is 75.0 cm³/mol. The van der Waals surface area contributed by atoms with E-state index in [2.05, 4.69) is 11.1 Å². The molecular formula is C16H19NO2. The number of aromatic nitrogens is 1. The lowest BCUT2D eigenvalue weighted by molar-refractivity contribution is -0.0959. The van der Waals surface area contributed by atoms with E-state index < -0.39 is 5.60 Å². The number of hydrogen-bond acceptors (Lipinski definition) is 3. The smallest absolute Gasteiger partial charge is 0.0734 e. The number of fused-ring (bicyclic) bond motifs is 1. The fourth-order valence-corrected chi connectivity index (χ4v) is 2.97. The maximum atomic E-state index is 10.8. The van der Waals surface area contributed by atoms with E-state index in [1.54, 1.807) is 0 Å². The van der Waals surface area contributed by atoms with E-state index in [9.17, 15) is 5.11 Å². The summed E-state index contributed by atoms with van der Waals surface area (Å²) < 4.78 is 5.53. The summed E-state index contributed by atoms with van der Waals surface area (Å²) in [4.78, 5) is 4.37. The second-order valence-electron chi connectivity index (χ2n) is 5.52.